The van der Waals surface area contributed by atoms with E-state index in [9.17, 15) is 5.11 Å². The van der Waals surface area contributed by atoms with Gasteiger partial charge in [0.15, 0.2) is 0 Å². The van der Waals surface area contributed by atoms with Crippen molar-refractivity contribution in [1.82, 2.24) is 5.32 Å². The molecule has 1 aromatic carbocycles. The first kappa shape index (κ1) is 9.69. The van der Waals surface area contributed by atoms with Gasteiger partial charge in [0, 0.05) is 12.1 Å². The summed E-state index contributed by atoms with van der Waals surface area (Å²) in [6, 6.07) is 11.1. The molecule has 2 N–H and O–H groups in total. The van der Waals surface area contributed by atoms with Gasteiger partial charge in [0.05, 0.1) is 6.10 Å². The van der Waals surface area contributed by atoms with Crippen LogP contribution < -0.4 is 5.32 Å². The van der Waals surface area contributed by atoms with Gasteiger partial charge in [-0.3, -0.25) is 0 Å². The quantitative estimate of drug-likeness (QED) is 0.739. The fourth-order valence-electron chi connectivity index (χ4n) is 2.09. The van der Waals surface area contributed by atoms with Crippen LogP contribution in [0.25, 0.3) is 0 Å². The molecule has 2 heteroatoms. The molecular weight excluding hydrogens is 174 g/mol. The van der Waals surface area contributed by atoms with Crippen LogP contribution in [0.2, 0.25) is 0 Å². The number of nitrogens with one attached hydrogen (secondary N) is 1. The number of hydrogen-bond donors (Lipinski definition) is 2. The van der Waals surface area contributed by atoms with E-state index in [0.717, 1.165) is 12.8 Å². The minimum absolute atomic E-state index is 0.177. The lowest BCUT2D eigenvalue weighted by Gasteiger charge is -2.10. The normalized spacial score (nSPS) is 32.0. The van der Waals surface area contributed by atoms with Crippen LogP contribution >= 0.6 is 0 Å². The van der Waals surface area contributed by atoms with E-state index in [0.29, 0.717) is 6.04 Å². The van der Waals surface area contributed by atoms with Crippen molar-refractivity contribution in [1.29, 1.82) is 0 Å². The monoisotopic (exact) mass is 191 g/mol. The summed E-state index contributed by atoms with van der Waals surface area (Å²) in [6.07, 6.45) is 1.71. The fourth-order valence-corrected chi connectivity index (χ4v) is 2.09. The van der Waals surface area contributed by atoms with E-state index < -0.39 is 0 Å². The summed E-state index contributed by atoms with van der Waals surface area (Å²) >= 11 is 0. The van der Waals surface area contributed by atoms with Crippen LogP contribution in [0.5, 0.6) is 0 Å². The van der Waals surface area contributed by atoms with Crippen molar-refractivity contribution in [2.24, 2.45) is 0 Å². The van der Waals surface area contributed by atoms with Crippen molar-refractivity contribution in [3.05, 3.63) is 35.9 Å². The van der Waals surface area contributed by atoms with Crippen LogP contribution in [0.15, 0.2) is 30.3 Å². The molecule has 2 nitrogen and oxygen atoms in total. The Morgan fingerprint density at radius 3 is 2.64 bits per heavy atom. The number of aliphatic hydroxyl groups excluding tert-OH is 1. The van der Waals surface area contributed by atoms with E-state index in [1.54, 1.807) is 0 Å². The average molecular weight is 191 g/mol. The highest BCUT2D eigenvalue weighted by molar-refractivity contribution is 5.16. The van der Waals surface area contributed by atoms with Crippen molar-refractivity contribution in [3.63, 3.8) is 0 Å². The molecule has 2 rings (SSSR count). The van der Waals surface area contributed by atoms with E-state index in [2.05, 4.69) is 29.6 Å². The zero-order valence-electron chi connectivity index (χ0n) is 8.48. The van der Waals surface area contributed by atoms with Crippen LogP contribution in [0.3, 0.4) is 0 Å². The molecule has 1 aliphatic rings. The molecule has 1 heterocycles. The Bertz CT molecular complexity index is 276. The molecule has 0 amide bonds. The van der Waals surface area contributed by atoms with Crippen LogP contribution in [0.1, 0.15) is 18.9 Å². The zero-order valence-corrected chi connectivity index (χ0v) is 8.48. The maximum atomic E-state index is 9.58. The third-order valence-electron chi connectivity index (χ3n) is 2.93. The molecule has 0 spiro atoms. The van der Waals surface area contributed by atoms with Gasteiger partial charge in [0.25, 0.3) is 0 Å². The Morgan fingerprint density at radius 1 is 1.36 bits per heavy atom. The summed E-state index contributed by atoms with van der Waals surface area (Å²) in [6.45, 7) is 2.04. The van der Waals surface area contributed by atoms with Crippen molar-refractivity contribution >= 4 is 0 Å². The summed E-state index contributed by atoms with van der Waals surface area (Å²) in [5.41, 5.74) is 1.34. The molecule has 1 saturated heterocycles. The molecule has 1 aliphatic heterocycles. The van der Waals surface area contributed by atoms with E-state index in [1.165, 1.54) is 5.56 Å². The highest BCUT2D eigenvalue weighted by atomic mass is 16.3. The van der Waals surface area contributed by atoms with Crippen molar-refractivity contribution in [2.45, 2.75) is 38.0 Å². The SMILES string of the molecule is C[C@H]1NC(Cc2ccccc2)C[C@@H]1O. The predicted molar refractivity (Wildman–Crippen MR) is 57.2 cm³/mol. The first-order chi connectivity index (χ1) is 6.75. The second-order valence-electron chi connectivity index (χ2n) is 4.15. The van der Waals surface area contributed by atoms with Crippen LogP contribution in [0.4, 0.5) is 0 Å². The first-order valence-electron chi connectivity index (χ1n) is 5.24. The van der Waals surface area contributed by atoms with E-state index in [1.807, 2.05) is 13.0 Å². The number of benzene rings is 1. The maximum Gasteiger partial charge on any atom is 0.0705 e. The van der Waals surface area contributed by atoms with Crippen molar-refractivity contribution in [2.75, 3.05) is 0 Å². The lowest BCUT2D eigenvalue weighted by molar-refractivity contribution is 0.164. The van der Waals surface area contributed by atoms with Crippen molar-refractivity contribution < 1.29 is 5.11 Å². The number of rotatable bonds is 2. The Labute approximate surface area is 85.0 Å². The molecule has 3 atom stereocenters. The van der Waals surface area contributed by atoms with E-state index in [-0.39, 0.29) is 12.1 Å². The van der Waals surface area contributed by atoms with Gasteiger partial charge in [-0.25, -0.2) is 0 Å². The van der Waals surface area contributed by atoms with Gasteiger partial charge in [-0.05, 0) is 25.3 Å². The van der Waals surface area contributed by atoms with Crippen LogP contribution in [-0.2, 0) is 6.42 Å². The van der Waals surface area contributed by atoms with Crippen LogP contribution in [-0.4, -0.2) is 23.3 Å². The largest absolute Gasteiger partial charge is 0.391 e. The molecule has 1 unspecified atom stereocenters. The molecule has 76 valence electrons. The molecule has 0 aromatic heterocycles. The van der Waals surface area contributed by atoms with Gasteiger partial charge in [0.1, 0.15) is 0 Å². The van der Waals surface area contributed by atoms with Gasteiger partial charge in [-0.2, -0.15) is 0 Å². The molecule has 0 radical (unpaired) electrons. The number of aliphatic hydroxyl groups is 1. The molecule has 0 saturated carbocycles. The van der Waals surface area contributed by atoms with Gasteiger partial charge in [-0.15, -0.1) is 0 Å². The highest BCUT2D eigenvalue weighted by Crippen LogP contribution is 2.16. The smallest absolute Gasteiger partial charge is 0.0705 e. The Hall–Kier alpha value is -0.860. The molecule has 0 aliphatic carbocycles. The topological polar surface area (TPSA) is 32.3 Å². The van der Waals surface area contributed by atoms with Gasteiger partial charge < -0.3 is 10.4 Å². The van der Waals surface area contributed by atoms with Crippen LogP contribution in [0, 0.1) is 0 Å². The van der Waals surface area contributed by atoms with Gasteiger partial charge >= 0.3 is 0 Å². The second kappa shape index (κ2) is 4.11. The average Bonchev–Trinajstić information content (AvgIpc) is 2.47. The molecule has 1 fully saturated rings. The Morgan fingerprint density at radius 2 is 2.07 bits per heavy atom. The number of hydrogen-bond acceptors (Lipinski definition) is 2. The second-order valence-corrected chi connectivity index (χ2v) is 4.15. The first-order valence-corrected chi connectivity index (χ1v) is 5.24. The maximum absolute atomic E-state index is 9.58. The van der Waals surface area contributed by atoms with E-state index in [4.69, 9.17) is 0 Å². The lowest BCUT2D eigenvalue weighted by Crippen LogP contribution is -2.31. The van der Waals surface area contributed by atoms with Gasteiger partial charge in [0.2, 0.25) is 0 Å². The summed E-state index contributed by atoms with van der Waals surface area (Å²) in [5.74, 6) is 0. The lowest BCUT2D eigenvalue weighted by atomic mass is 10.0. The summed E-state index contributed by atoms with van der Waals surface area (Å²) in [7, 11) is 0. The summed E-state index contributed by atoms with van der Waals surface area (Å²) < 4.78 is 0. The highest BCUT2D eigenvalue weighted by Gasteiger charge is 2.28. The summed E-state index contributed by atoms with van der Waals surface area (Å²) in [4.78, 5) is 0. The Kier molecular flexibility index (Phi) is 2.85. The summed E-state index contributed by atoms with van der Waals surface area (Å²) in [5, 5.41) is 13.0. The Balaban J connectivity index is 1.94. The van der Waals surface area contributed by atoms with Gasteiger partial charge in [-0.1, -0.05) is 30.3 Å². The van der Waals surface area contributed by atoms with Crippen molar-refractivity contribution in [3.8, 4) is 0 Å². The fraction of sp³-hybridized carbons (Fsp3) is 0.500. The molecule has 1 aromatic rings. The standard InChI is InChI=1S/C12H17NO/c1-9-12(14)8-11(13-9)7-10-5-3-2-4-6-10/h2-6,9,11-14H,7-8H2,1H3/t9-,11?,12+/m1/s1. The molecule has 0 bridgehead atoms. The minimum atomic E-state index is -0.177. The molecular formula is C12H17NO. The molecule has 14 heavy (non-hydrogen) atoms. The third-order valence-corrected chi connectivity index (χ3v) is 2.93. The zero-order chi connectivity index (χ0) is 9.97. The van der Waals surface area contributed by atoms with E-state index >= 15 is 0 Å². The minimum Gasteiger partial charge on any atom is -0.391 e. The third kappa shape index (κ3) is 2.14. The predicted octanol–water partition coefficient (Wildman–Crippen LogP) is 1.34.